The minimum absolute atomic E-state index is 0.0707. The molecule has 0 rings (SSSR count). The molecule has 0 spiro atoms. The summed E-state index contributed by atoms with van der Waals surface area (Å²) in [6.07, 6.45) is 7.96. The van der Waals surface area contributed by atoms with Crippen LogP contribution in [0.4, 0.5) is 0 Å². The lowest BCUT2D eigenvalue weighted by molar-refractivity contribution is -0.127. The van der Waals surface area contributed by atoms with Crippen molar-refractivity contribution in [3.8, 4) is 0 Å². The molecule has 0 aromatic heterocycles. The van der Waals surface area contributed by atoms with Crippen LogP contribution in [0.15, 0.2) is 24.3 Å². The van der Waals surface area contributed by atoms with Crippen LogP contribution in [-0.2, 0) is 9.59 Å². The van der Waals surface area contributed by atoms with Gasteiger partial charge in [-0.25, -0.2) is 0 Å². The lowest BCUT2D eigenvalue weighted by Crippen LogP contribution is -2.46. The van der Waals surface area contributed by atoms with E-state index in [1.165, 1.54) is 6.08 Å². The monoisotopic (exact) mass is 266 g/mol. The zero-order valence-corrected chi connectivity index (χ0v) is 12.6. The van der Waals surface area contributed by atoms with Gasteiger partial charge in [0.05, 0.1) is 0 Å². The molecule has 0 unspecified atom stereocenters. The number of carbonyl (C=O) groups excluding carboxylic acids is 2. The van der Waals surface area contributed by atoms with Crippen LogP contribution in [0.25, 0.3) is 0 Å². The SMILES string of the molecule is CC(C)C/C=C/C=C\C(=O)N[C@@H](C)C(=O)NC(C)C. The highest BCUT2D eigenvalue weighted by Gasteiger charge is 2.14. The van der Waals surface area contributed by atoms with Gasteiger partial charge in [-0.05, 0) is 33.1 Å². The predicted molar refractivity (Wildman–Crippen MR) is 78.6 cm³/mol. The van der Waals surface area contributed by atoms with Gasteiger partial charge in [-0.3, -0.25) is 9.59 Å². The van der Waals surface area contributed by atoms with Gasteiger partial charge in [-0.1, -0.05) is 32.1 Å². The van der Waals surface area contributed by atoms with Gasteiger partial charge >= 0.3 is 0 Å². The molecule has 4 nitrogen and oxygen atoms in total. The molecule has 0 saturated carbocycles. The molecule has 0 saturated heterocycles. The van der Waals surface area contributed by atoms with E-state index in [4.69, 9.17) is 0 Å². The number of nitrogens with one attached hydrogen (secondary N) is 2. The van der Waals surface area contributed by atoms with Crippen LogP contribution in [0.3, 0.4) is 0 Å². The minimum Gasteiger partial charge on any atom is -0.352 e. The van der Waals surface area contributed by atoms with Gasteiger partial charge < -0.3 is 10.6 Å². The highest BCUT2D eigenvalue weighted by molar-refractivity contribution is 5.92. The minimum atomic E-state index is -0.529. The van der Waals surface area contributed by atoms with Gasteiger partial charge in [0.2, 0.25) is 11.8 Å². The van der Waals surface area contributed by atoms with Gasteiger partial charge in [0.15, 0.2) is 0 Å². The second kappa shape index (κ2) is 9.36. The normalized spacial score (nSPS) is 13.4. The third-order valence-electron chi connectivity index (χ3n) is 2.29. The molecule has 2 N–H and O–H groups in total. The molecule has 4 heteroatoms. The zero-order valence-electron chi connectivity index (χ0n) is 12.6. The number of carbonyl (C=O) groups is 2. The van der Waals surface area contributed by atoms with Crippen molar-refractivity contribution >= 4 is 11.8 Å². The fourth-order valence-electron chi connectivity index (χ4n) is 1.31. The molecule has 108 valence electrons. The predicted octanol–water partition coefficient (Wildman–Crippen LogP) is 2.17. The van der Waals surface area contributed by atoms with Gasteiger partial charge in [-0.2, -0.15) is 0 Å². The Kier molecular flexibility index (Phi) is 8.58. The molecule has 0 aromatic rings. The first-order valence-electron chi connectivity index (χ1n) is 6.77. The third kappa shape index (κ3) is 10.1. The Morgan fingerprint density at radius 2 is 1.63 bits per heavy atom. The lowest BCUT2D eigenvalue weighted by atomic mass is 10.1. The lowest BCUT2D eigenvalue weighted by Gasteiger charge is -2.14. The first-order valence-corrected chi connectivity index (χ1v) is 6.77. The quantitative estimate of drug-likeness (QED) is 0.548. The number of hydrogen-bond donors (Lipinski definition) is 2. The fraction of sp³-hybridized carbons (Fsp3) is 0.600. The molecule has 0 radical (unpaired) electrons. The average molecular weight is 266 g/mol. The summed E-state index contributed by atoms with van der Waals surface area (Å²) >= 11 is 0. The summed E-state index contributed by atoms with van der Waals surface area (Å²) in [5.41, 5.74) is 0. The summed E-state index contributed by atoms with van der Waals surface area (Å²) in [6.45, 7) is 9.70. The standard InChI is InChI=1S/C15H26N2O2/c1-11(2)9-7-6-8-10-14(18)17-13(5)15(19)16-12(3)4/h6-8,10-13H,9H2,1-5H3,(H,16,19)(H,17,18)/b7-6+,10-8-/t13-/m0/s1. The number of hydrogen-bond acceptors (Lipinski definition) is 2. The van der Waals surface area contributed by atoms with E-state index in [9.17, 15) is 9.59 Å². The van der Waals surface area contributed by atoms with E-state index in [0.717, 1.165) is 6.42 Å². The topological polar surface area (TPSA) is 58.2 Å². The molecule has 1 atom stereocenters. The van der Waals surface area contributed by atoms with Crippen LogP contribution >= 0.6 is 0 Å². The van der Waals surface area contributed by atoms with E-state index in [-0.39, 0.29) is 17.9 Å². The maximum atomic E-state index is 11.6. The van der Waals surface area contributed by atoms with Crippen molar-refractivity contribution in [1.82, 2.24) is 10.6 Å². The first kappa shape index (κ1) is 17.4. The molecule has 0 fully saturated rings. The summed E-state index contributed by atoms with van der Waals surface area (Å²) in [7, 11) is 0. The van der Waals surface area contributed by atoms with Crippen molar-refractivity contribution in [3.63, 3.8) is 0 Å². The van der Waals surface area contributed by atoms with Gasteiger partial charge in [-0.15, -0.1) is 0 Å². The summed E-state index contributed by atoms with van der Waals surface area (Å²) in [6, 6.07) is -0.458. The highest BCUT2D eigenvalue weighted by atomic mass is 16.2. The Bertz CT molecular complexity index is 344. The Morgan fingerprint density at radius 1 is 1.00 bits per heavy atom. The molecule has 2 amide bonds. The second-order valence-corrected chi connectivity index (χ2v) is 5.31. The van der Waals surface area contributed by atoms with Crippen molar-refractivity contribution in [2.75, 3.05) is 0 Å². The van der Waals surface area contributed by atoms with Gasteiger partial charge in [0.25, 0.3) is 0 Å². The van der Waals surface area contributed by atoms with E-state index in [1.807, 2.05) is 26.0 Å². The van der Waals surface area contributed by atoms with Crippen molar-refractivity contribution < 1.29 is 9.59 Å². The van der Waals surface area contributed by atoms with Gasteiger partial charge in [0.1, 0.15) is 6.04 Å². The maximum absolute atomic E-state index is 11.6. The molecular weight excluding hydrogens is 240 g/mol. The molecule has 0 aliphatic rings. The summed E-state index contributed by atoms with van der Waals surface area (Å²) in [5.74, 6) is 0.172. The van der Waals surface area contributed by atoms with Crippen LogP contribution in [0.5, 0.6) is 0 Å². The summed E-state index contributed by atoms with van der Waals surface area (Å²) < 4.78 is 0. The van der Waals surface area contributed by atoms with E-state index in [2.05, 4.69) is 24.5 Å². The van der Waals surface area contributed by atoms with Crippen LogP contribution in [0.1, 0.15) is 41.0 Å². The average Bonchev–Trinajstić information content (AvgIpc) is 2.26. The van der Waals surface area contributed by atoms with Crippen LogP contribution in [0.2, 0.25) is 0 Å². The van der Waals surface area contributed by atoms with Crippen LogP contribution in [-0.4, -0.2) is 23.9 Å². The van der Waals surface area contributed by atoms with Crippen LogP contribution in [0, 0.1) is 5.92 Å². The smallest absolute Gasteiger partial charge is 0.244 e. The maximum Gasteiger partial charge on any atom is 0.244 e. The highest BCUT2D eigenvalue weighted by Crippen LogP contribution is 1.99. The third-order valence-corrected chi connectivity index (χ3v) is 2.29. The fourth-order valence-corrected chi connectivity index (χ4v) is 1.31. The second-order valence-electron chi connectivity index (χ2n) is 5.31. The number of amides is 2. The Balaban J connectivity index is 4.06. The van der Waals surface area contributed by atoms with Crippen molar-refractivity contribution in [1.29, 1.82) is 0 Å². The molecule has 0 heterocycles. The van der Waals surface area contributed by atoms with Crippen molar-refractivity contribution in [2.45, 2.75) is 53.1 Å². The Labute approximate surface area is 116 Å². The van der Waals surface area contributed by atoms with Crippen molar-refractivity contribution in [2.24, 2.45) is 5.92 Å². The first-order chi connectivity index (χ1) is 8.82. The number of allylic oxidation sites excluding steroid dienone is 3. The zero-order chi connectivity index (χ0) is 14.8. The van der Waals surface area contributed by atoms with Gasteiger partial charge in [0, 0.05) is 12.1 Å². The number of rotatable bonds is 7. The molecule has 0 bridgehead atoms. The molecular formula is C15H26N2O2. The summed E-state index contributed by atoms with van der Waals surface area (Å²) in [4.78, 5) is 23.1. The van der Waals surface area contributed by atoms with Crippen molar-refractivity contribution in [3.05, 3.63) is 24.3 Å². The molecule has 0 aliphatic carbocycles. The van der Waals surface area contributed by atoms with E-state index in [1.54, 1.807) is 13.0 Å². The Morgan fingerprint density at radius 3 is 2.16 bits per heavy atom. The molecule has 0 aromatic carbocycles. The molecule has 0 aliphatic heterocycles. The largest absolute Gasteiger partial charge is 0.352 e. The van der Waals surface area contributed by atoms with Crippen LogP contribution < -0.4 is 10.6 Å². The van der Waals surface area contributed by atoms with E-state index >= 15 is 0 Å². The van der Waals surface area contributed by atoms with E-state index < -0.39 is 6.04 Å². The molecule has 19 heavy (non-hydrogen) atoms. The Hall–Kier alpha value is -1.58. The van der Waals surface area contributed by atoms with E-state index in [0.29, 0.717) is 5.92 Å². The summed E-state index contributed by atoms with van der Waals surface area (Å²) in [5, 5.41) is 5.36.